The minimum Gasteiger partial charge on any atom is -0.269 e. The molecule has 1 aliphatic rings. The van der Waals surface area contributed by atoms with Crippen LogP contribution >= 0.6 is 0 Å². The van der Waals surface area contributed by atoms with E-state index in [-0.39, 0.29) is 0 Å². The SMILES string of the molecule is [c]1cccc(N2CNN=N2)c1. The van der Waals surface area contributed by atoms with Crippen LogP contribution < -0.4 is 10.4 Å². The molecule has 0 atom stereocenters. The van der Waals surface area contributed by atoms with Crippen molar-refractivity contribution in [3.63, 3.8) is 0 Å². The van der Waals surface area contributed by atoms with E-state index in [2.05, 4.69) is 21.9 Å². The standard InChI is InChI=1S/C7H7N4/c1-2-4-7(5-3-1)11-6-8-9-10-11/h1-2,4-5H,6H2,(H,8,10). The molecular formula is C7H7N4. The molecule has 1 N–H and O–H groups in total. The van der Waals surface area contributed by atoms with Gasteiger partial charge < -0.3 is 0 Å². The molecule has 4 nitrogen and oxygen atoms in total. The summed E-state index contributed by atoms with van der Waals surface area (Å²) in [5.41, 5.74) is 3.74. The Morgan fingerprint density at radius 1 is 1.64 bits per heavy atom. The second-order valence-corrected chi connectivity index (χ2v) is 2.17. The number of nitrogens with zero attached hydrogens (tertiary/aromatic N) is 3. The fraction of sp³-hybridized carbons (Fsp3) is 0.143. The first-order valence-electron chi connectivity index (χ1n) is 3.34. The van der Waals surface area contributed by atoms with E-state index >= 15 is 0 Å². The average molecular weight is 147 g/mol. The van der Waals surface area contributed by atoms with E-state index in [0.717, 1.165) is 5.69 Å². The topological polar surface area (TPSA) is 40.0 Å². The van der Waals surface area contributed by atoms with Gasteiger partial charge in [0, 0.05) is 0 Å². The minimum atomic E-state index is 0.637. The Morgan fingerprint density at radius 3 is 3.27 bits per heavy atom. The highest BCUT2D eigenvalue weighted by Gasteiger charge is 2.06. The first kappa shape index (κ1) is 6.15. The molecule has 0 bridgehead atoms. The number of hydrogen-bond donors (Lipinski definition) is 1. The predicted molar refractivity (Wildman–Crippen MR) is 40.6 cm³/mol. The van der Waals surface area contributed by atoms with Crippen LogP contribution in [-0.4, -0.2) is 6.67 Å². The van der Waals surface area contributed by atoms with E-state index in [4.69, 9.17) is 0 Å². The summed E-state index contributed by atoms with van der Waals surface area (Å²) < 4.78 is 0. The van der Waals surface area contributed by atoms with Crippen LogP contribution in [0.15, 0.2) is 34.7 Å². The van der Waals surface area contributed by atoms with Gasteiger partial charge in [-0.25, -0.2) is 5.01 Å². The van der Waals surface area contributed by atoms with Gasteiger partial charge >= 0.3 is 0 Å². The van der Waals surface area contributed by atoms with E-state index < -0.39 is 0 Å². The van der Waals surface area contributed by atoms with E-state index in [9.17, 15) is 0 Å². The maximum absolute atomic E-state index is 3.83. The molecule has 0 aliphatic carbocycles. The third-order valence-corrected chi connectivity index (χ3v) is 1.43. The average Bonchev–Trinajstić information content (AvgIpc) is 2.58. The quantitative estimate of drug-likeness (QED) is 0.647. The Hall–Kier alpha value is -1.58. The van der Waals surface area contributed by atoms with E-state index in [1.807, 2.05) is 24.3 Å². The molecule has 11 heavy (non-hydrogen) atoms. The van der Waals surface area contributed by atoms with Crippen molar-refractivity contribution < 1.29 is 0 Å². The molecular weight excluding hydrogens is 140 g/mol. The van der Waals surface area contributed by atoms with Crippen molar-refractivity contribution in [2.24, 2.45) is 10.4 Å². The Bertz CT molecular complexity index is 256. The summed E-state index contributed by atoms with van der Waals surface area (Å²) in [7, 11) is 0. The van der Waals surface area contributed by atoms with Crippen LogP contribution in [0.3, 0.4) is 0 Å². The Kier molecular flexibility index (Phi) is 1.44. The van der Waals surface area contributed by atoms with Crippen molar-refractivity contribution in [3.8, 4) is 0 Å². The molecule has 2 rings (SSSR count). The van der Waals surface area contributed by atoms with Gasteiger partial charge in [-0.05, 0) is 23.4 Å². The number of anilines is 1. The van der Waals surface area contributed by atoms with Crippen molar-refractivity contribution in [1.29, 1.82) is 0 Å². The van der Waals surface area contributed by atoms with E-state index in [1.165, 1.54) is 0 Å². The summed E-state index contributed by atoms with van der Waals surface area (Å²) in [4.78, 5) is 0. The van der Waals surface area contributed by atoms with Crippen LogP contribution in [0, 0.1) is 6.07 Å². The minimum absolute atomic E-state index is 0.637. The van der Waals surface area contributed by atoms with Gasteiger partial charge in [-0.1, -0.05) is 17.4 Å². The molecule has 0 saturated heterocycles. The molecule has 55 valence electrons. The maximum atomic E-state index is 3.83. The summed E-state index contributed by atoms with van der Waals surface area (Å²) in [6.07, 6.45) is 0. The van der Waals surface area contributed by atoms with Gasteiger partial charge in [0.05, 0.1) is 5.69 Å². The van der Waals surface area contributed by atoms with Crippen LogP contribution in [0.25, 0.3) is 0 Å². The second kappa shape index (κ2) is 2.57. The monoisotopic (exact) mass is 147 g/mol. The molecule has 1 aromatic rings. The third-order valence-electron chi connectivity index (χ3n) is 1.43. The molecule has 0 spiro atoms. The van der Waals surface area contributed by atoms with Gasteiger partial charge in [-0.3, -0.25) is 5.43 Å². The maximum Gasteiger partial charge on any atom is 0.129 e. The summed E-state index contributed by atoms with van der Waals surface area (Å²) in [5.74, 6) is 0. The van der Waals surface area contributed by atoms with Crippen molar-refractivity contribution in [1.82, 2.24) is 5.43 Å². The Labute approximate surface area is 64.5 Å². The summed E-state index contributed by atoms with van der Waals surface area (Å²) in [6, 6.07) is 10.6. The number of nitrogens with one attached hydrogen (secondary N) is 1. The largest absolute Gasteiger partial charge is 0.269 e. The lowest BCUT2D eigenvalue weighted by atomic mass is 10.3. The summed E-state index contributed by atoms with van der Waals surface area (Å²) in [6.45, 7) is 0.637. The highest BCUT2D eigenvalue weighted by Crippen LogP contribution is 2.13. The smallest absolute Gasteiger partial charge is 0.129 e. The van der Waals surface area contributed by atoms with Crippen LogP contribution in [0.5, 0.6) is 0 Å². The fourth-order valence-corrected chi connectivity index (χ4v) is 0.903. The number of hydrogen-bond acceptors (Lipinski definition) is 4. The van der Waals surface area contributed by atoms with Gasteiger partial charge in [0.15, 0.2) is 0 Å². The first-order valence-corrected chi connectivity index (χ1v) is 3.34. The molecule has 1 heterocycles. The van der Waals surface area contributed by atoms with Crippen LogP contribution in [0.4, 0.5) is 5.69 Å². The van der Waals surface area contributed by atoms with Crippen LogP contribution in [0.2, 0.25) is 0 Å². The van der Waals surface area contributed by atoms with Crippen LogP contribution in [0.1, 0.15) is 0 Å². The molecule has 4 heteroatoms. The highest BCUT2D eigenvalue weighted by atomic mass is 15.7. The molecule has 1 aliphatic heterocycles. The molecule has 0 amide bonds. The van der Waals surface area contributed by atoms with Crippen molar-refractivity contribution in [3.05, 3.63) is 30.3 Å². The van der Waals surface area contributed by atoms with E-state index in [1.54, 1.807) is 5.01 Å². The van der Waals surface area contributed by atoms with Gasteiger partial charge in [0.25, 0.3) is 0 Å². The lowest BCUT2D eigenvalue weighted by molar-refractivity contribution is 0.807. The normalized spacial score (nSPS) is 15.1. The van der Waals surface area contributed by atoms with Crippen LogP contribution in [-0.2, 0) is 0 Å². The zero-order valence-electron chi connectivity index (χ0n) is 5.86. The van der Waals surface area contributed by atoms with Crippen molar-refractivity contribution in [2.75, 3.05) is 11.7 Å². The lowest BCUT2D eigenvalue weighted by Gasteiger charge is -2.08. The number of rotatable bonds is 1. The van der Waals surface area contributed by atoms with Crippen molar-refractivity contribution >= 4 is 5.69 Å². The molecule has 1 aromatic carbocycles. The predicted octanol–water partition coefficient (Wildman–Crippen LogP) is 1.14. The summed E-state index contributed by atoms with van der Waals surface area (Å²) >= 11 is 0. The van der Waals surface area contributed by atoms with Crippen molar-refractivity contribution in [2.45, 2.75) is 0 Å². The zero-order valence-corrected chi connectivity index (χ0v) is 5.86. The zero-order chi connectivity index (χ0) is 7.52. The summed E-state index contributed by atoms with van der Waals surface area (Å²) in [5, 5.41) is 9.22. The number of benzene rings is 1. The van der Waals surface area contributed by atoms with Gasteiger partial charge in [-0.15, -0.1) is 0 Å². The first-order chi connectivity index (χ1) is 5.47. The molecule has 0 fully saturated rings. The van der Waals surface area contributed by atoms with Gasteiger partial charge in [0.1, 0.15) is 6.67 Å². The lowest BCUT2D eigenvalue weighted by Crippen LogP contribution is -2.18. The Morgan fingerprint density at radius 2 is 2.64 bits per heavy atom. The van der Waals surface area contributed by atoms with Gasteiger partial charge in [-0.2, -0.15) is 0 Å². The highest BCUT2D eigenvalue weighted by molar-refractivity contribution is 5.44. The Balaban J connectivity index is 2.23. The third kappa shape index (κ3) is 1.14. The molecule has 0 saturated carbocycles. The fourth-order valence-electron chi connectivity index (χ4n) is 0.903. The van der Waals surface area contributed by atoms with E-state index in [0.29, 0.717) is 6.67 Å². The second-order valence-electron chi connectivity index (χ2n) is 2.17. The molecule has 0 unspecified atom stereocenters. The van der Waals surface area contributed by atoms with Gasteiger partial charge in [0.2, 0.25) is 0 Å². The molecule has 0 aromatic heterocycles. The molecule has 1 radical (unpaired) electrons.